The van der Waals surface area contributed by atoms with Crippen molar-refractivity contribution < 1.29 is 9.84 Å². The maximum atomic E-state index is 12.4. The van der Waals surface area contributed by atoms with Gasteiger partial charge in [-0.05, 0) is 55.5 Å². The van der Waals surface area contributed by atoms with Gasteiger partial charge < -0.3 is 9.84 Å². The summed E-state index contributed by atoms with van der Waals surface area (Å²) in [6, 6.07) is 7.38. The summed E-state index contributed by atoms with van der Waals surface area (Å²) in [5, 5.41) is 14.3. The molecule has 0 spiro atoms. The first-order valence-corrected chi connectivity index (χ1v) is 8.57. The Bertz CT molecular complexity index is 728. The molecule has 5 nitrogen and oxygen atoms in total. The fourth-order valence-electron chi connectivity index (χ4n) is 2.77. The highest BCUT2D eigenvalue weighted by atomic mass is 79.9. The highest BCUT2D eigenvalue weighted by Crippen LogP contribution is 2.17. The van der Waals surface area contributed by atoms with Gasteiger partial charge in [0.05, 0.1) is 12.7 Å². The molecule has 23 heavy (non-hydrogen) atoms. The second-order valence-corrected chi connectivity index (χ2v) is 6.68. The topological polar surface area (TPSA) is 64.4 Å². The molecule has 1 aliphatic carbocycles. The van der Waals surface area contributed by atoms with E-state index in [0.717, 1.165) is 41.3 Å². The summed E-state index contributed by atoms with van der Waals surface area (Å²) in [5.74, 6) is 0.679. The molecule has 0 bridgehead atoms. The van der Waals surface area contributed by atoms with Crippen LogP contribution in [0.15, 0.2) is 39.7 Å². The van der Waals surface area contributed by atoms with Gasteiger partial charge in [-0.15, -0.1) is 0 Å². The van der Waals surface area contributed by atoms with Crippen molar-refractivity contribution in [3.8, 4) is 5.75 Å². The van der Waals surface area contributed by atoms with Crippen LogP contribution in [0.1, 0.15) is 24.0 Å². The smallest absolute Gasteiger partial charge is 0.270 e. The van der Waals surface area contributed by atoms with Crippen LogP contribution in [0.3, 0.4) is 0 Å². The number of aryl methyl sites for hydroxylation is 1. The molecule has 0 amide bonds. The number of fused-ring (bicyclic) bond motifs is 1. The van der Waals surface area contributed by atoms with Crippen molar-refractivity contribution in [1.29, 1.82) is 0 Å². The minimum Gasteiger partial charge on any atom is -0.491 e. The molecule has 0 aliphatic heterocycles. The third-order valence-corrected chi connectivity index (χ3v) is 4.52. The van der Waals surface area contributed by atoms with Crippen LogP contribution in [-0.4, -0.2) is 27.6 Å². The fourth-order valence-corrected chi connectivity index (χ4v) is 3.03. The number of hydrogen-bond acceptors (Lipinski definition) is 4. The maximum Gasteiger partial charge on any atom is 0.270 e. The Labute approximate surface area is 143 Å². The molecule has 0 saturated carbocycles. The summed E-state index contributed by atoms with van der Waals surface area (Å²) >= 11 is 3.36. The molecule has 1 N–H and O–H groups in total. The van der Waals surface area contributed by atoms with Crippen molar-refractivity contribution in [2.75, 3.05) is 6.61 Å². The van der Waals surface area contributed by atoms with E-state index in [1.165, 1.54) is 4.68 Å². The molecule has 0 saturated heterocycles. The number of halogens is 1. The number of rotatable bonds is 5. The molecule has 1 unspecified atom stereocenters. The predicted octanol–water partition coefficient (Wildman–Crippen LogP) is 2.32. The Balaban J connectivity index is 1.62. The Hall–Kier alpha value is -1.66. The second-order valence-electron chi connectivity index (χ2n) is 5.76. The number of ether oxygens (including phenoxy) is 1. The highest BCUT2D eigenvalue weighted by Gasteiger charge is 2.16. The predicted molar refractivity (Wildman–Crippen MR) is 90.8 cm³/mol. The van der Waals surface area contributed by atoms with Crippen molar-refractivity contribution in [3.63, 3.8) is 0 Å². The van der Waals surface area contributed by atoms with Crippen molar-refractivity contribution >= 4 is 15.9 Å². The fraction of sp³-hybridized carbons (Fsp3) is 0.412. The van der Waals surface area contributed by atoms with Crippen LogP contribution in [0.4, 0.5) is 0 Å². The molecule has 0 fully saturated rings. The summed E-state index contributed by atoms with van der Waals surface area (Å²) in [6.07, 6.45) is 4.86. The molecule has 0 radical (unpaired) electrons. The van der Waals surface area contributed by atoms with Crippen molar-refractivity contribution in [1.82, 2.24) is 9.78 Å². The number of hydrogen-bond donors (Lipinski definition) is 1. The van der Waals surface area contributed by atoms with E-state index in [1.54, 1.807) is 6.20 Å². The molecule has 122 valence electrons. The average molecular weight is 379 g/mol. The zero-order chi connectivity index (χ0) is 16.2. The van der Waals surface area contributed by atoms with Crippen molar-refractivity contribution in [2.24, 2.45) is 0 Å². The average Bonchev–Trinajstić information content (AvgIpc) is 2.57. The Kier molecular flexibility index (Phi) is 5.13. The van der Waals surface area contributed by atoms with E-state index < -0.39 is 6.10 Å². The third kappa shape index (κ3) is 4.00. The molecule has 1 heterocycles. The Morgan fingerprint density at radius 3 is 2.78 bits per heavy atom. The number of aromatic nitrogens is 2. The zero-order valence-corrected chi connectivity index (χ0v) is 14.3. The SMILES string of the molecule is O=c1c2c(cnn1CC(O)COc1ccc(Br)cc1)CCCC2. The number of aliphatic hydroxyl groups excluding tert-OH is 1. The molecule has 6 heteroatoms. The van der Waals surface area contributed by atoms with Gasteiger partial charge in [0, 0.05) is 10.0 Å². The van der Waals surface area contributed by atoms with Gasteiger partial charge >= 0.3 is 0 Å². The molecule has 1 atom stereocenters. The first-order chi connectivity index (χ1) is 11.1. The lowest BCUT2D eigenvalue weighted by Crippen LogP contribution is -2.34. The first-order valence-electron chi connectivity index (χ1n) is 7.78. The van der Waals surface area contributed by atoms with E-state index >= 15 is 0 Å². The van der Waals surface area contributed by atoms with Crippen LogP contribution < -0.4 is 10.3 Å². The van der Waals surface area contributed by atoms with Gasteiger partial charge in [-0.25, -0.2) is 4.68 Å². The molecule has 2 aromatic rings. The lowest BCUT2D eigenvalue weighted by molar-refractivity contribution is 0.0878. The minimum atomic E-state index is -0.787. The van der Waals surface area contributed by atoms with Crippen LogP contribution in [0.5, 0.6) is 5.75 Å². The van der Waals surface area contributed by atoms with E-state index in [4.69, 9.17) is 4.74 Å². The number of aliphatic hydroxyl groups is 1. The van der Waals surface area contributed by atoms with Gasteiger partial charge in [-0.2, -0.15) is 5.10 Å². The van der Waals surface area contributed by atoms with Crippen molar-refractivity contribution in [2.45, 2.75) is 38.3 Å². The lowest BCUT2D eigenvalue weighted by Gasteiger charge is -2.17. The third-order valence-electron chi connectivity index (χ3n) is 4.00. The molecule has 1 aliphatic rings. The summed E-state index contributed by atoms with van der Waals surface area (Å²) in [4.78, 5) is 12.4. The van der Waals surface area contributed by atoms with Crippen LogP contribution in [-0.2, 0) is 19.4 Å². The molecular weight excluding hydrogens is 360 g/mol. The standard InChI is InChI=1S/C17H19BrN2O3/c18-13-5-7-15(8-6-13)23-11-14(21)10-20-17(22)16-4-2-1-3-12(16)9-19-20/h5-9,14,21H,1-4,10-11H2. The summed E-state index contributed by atoms with van der Waals surface area (Å²) in [5.41, 5.74) is 1.83. The van der Waals surface area contributed by atoms with E-state index in [1.807, 2.05) is 24.3 Å². The Morgan fingerprint density at radius 1 is 1.26 bits per heavy atom. The van der Waals surface area contributed by atoms with Gasteiger partial charge in [0.1, 0.15) is 18.5 Å². The summed E-state index contributed by atoms with van der Waals surface area (Å²) < 4.78 is 7.85. The maximum absolute atomic E-state index is 12.4. The van der Waals surface area contributed by atoms with Crippen LogP contribution in [0.25, 0.3) is 0 Å². The van der Waals surface area contributed by atoms with Gasteiger partial charge in [-0.3, -0.25) is 4.79 Å². The first kappa shape index (κ1) is 16.2. The van der Waals surface area contributed by atoms with Crippen LogP contribution in [0, 0.1) is 0 Å². The van der Waals surface area contributed by atoms with Crippen LogP contribution in [0.2, 0.25) is 0 Å². The normalized spacial score (nSPS) is 15.0. The summed E-state index contributed by atoms with van der Waals surface area (Å²) in [7, 11) is 0. The van der Waals surface area contributed by atoms with E-state index in [9.17, 15) is 9.90 Å². The van der Waals surface area contributed by atoms with Gasteiger partial charge in [0.2, 0.25) is 0 Å². The Morgan fingerprint density at radius 2 is 2.00 bits per heavy atom. The zero-order valence-electron chi connectivity index (χ0n) is 12.7. The monoisotopic (exact) mass is 378 g/mol. The molecule has 1 aromatic carbocycles. The molecular formula is C17H19BrN2O3. The van der Waals surface area contributed by atoms with E-state index in [0.29, 0.717) is 5.75 Å². The summed E-state index contributed by atoms with van der Waals surface area (Å²) in [6.45, 7) is 0.259. The highest BCUT2D eigenvalue weighted by molar-refractivity contribution is 9.10. The van der Waals surface area contributed by atoms with Gasteiger partial charge in [0.25, 0.3) is 5.56 Å². The van der Waals surface area contributed by atoms with E-state index in [-0.39, 0.29) is 18.7 Å². The molecule has 1 aromatic heterocycles. The van der Waals surface area contributed by atoms with E-state index in [2.05, 4.69) is 21.0 Å². The molecule has 3 rings (SSSR count). The van der Waals surface area contributed by atoms with Crippen LogP contribution >= 0.6 is 15.9 Å². The number of nitrogens with zero attached hydrogens (tertiary/aromatic N) is 2. The number of benzene rings is 1. The van der Waals surface area contributed by atoms with Gasteiger partial charge in [-0.1, -0.05) is 15.9 Å². The van der Waals surface area contributed by atoms with Gasteiger partial charge in [0.15, 0.2) is 0 Å². The minimum absolute atomic E-state index is 0.0788. The quantitative estimate of drug-likeness (QED) is 0.866. The largest absolute Gasteiger partial charge is 0.491 e. The van der Waals surface area contributed by atoms with Crippen molar-refractivity contribution in [3.05, 3.63) is 56.4 Å². The second kappa shape index (κ2) is 7.27. The lowest BCUT2D eigenvalue weighted by atomic mass is 9.94.